The Morgan fingerprint density at radius 1 is 1.00 bits per heavy atom. The molecule has 19 heavy (non-hydrogen) atoms. The molecule has 0 saturated heterocycles. The van der Waals surface area contributed by atoms with E-state index in [1.54, 1.807) is 7.11 Å². The summed E-state index contributed by atoms with van der Waals surface area (Å²) in [4.78, 5) is 0. The molecule has 0 saturated carbocycles. The van der Waals surface area contributed by atoms with Crippen LogP contribution in [0.5, 0.6) is 5.75 Å². The van der Waals surface area contributed by atoms with Crippen LogP contribution in [0, 0.1) is 6.92 Å². The summed E-state index contributed by atoms with van der Waals surface area (Å²) in [6.45, 7) is 3.84. The summed E-state index contributed by atoms with van der Waals surface area (Å²) in [7, 11) is 1.68. The smallest absolute Gasteiger partial charge is 0.118 e. The molecule has 0 heterocycles. The quantitative estimate of drug-likeness (QED) is 0.897. The molecule has 100 valence electrons. The topological polar surface area (TPSA) is 21.3 Å². The Labute approximate surface area is 122 Å². The molecule has 2 aromatic rings. The molecule has 0 radical (unpaired) electrons. The van der Waals surface area contributed by atoms with Crippen molar-refractivity contribution in [1.29, 1.82) is 0 Å². The van der Waals surface area contributed by atoms with Crippen LogP contribution in [0.1, 0.15) is 16.7 Å². The molecule has 0 aliphatic heterocycles. The van der Waals surface area contributed by atoms with Crippen molar-refractivity contribution in [1.82, 2.24) is 5.32 Å². The zero-order valence-corrected chi connectivity index (χ0v) is 12.8. The second-order valence-electron chi connectivity index (χ2n) is 4.54. The maximum Gasteiger partial charge on any atom is 0.118 e. The zero-order chi connectivity index (χ0) is 13.7. The third kappa shape index (κ3) is 4.08. The summed E-state index contributed by atoms with van der Waals surface area (Å²) in [5.74, 6) is 0.896. The van der Waals surface area contributed by atoms with Gasteiger partial charge in [0, 0.05) is 17.6 Å². The monoisotopic (exact) mass is 319 g/mol. The molecule has 2 aromatic carbocycles. The van der Waals surface area contributed by atoms with Crippen molar-refractivity contribution in [2.75, 3.05) is 7.11 Å². The maximum absolute atomic E-state index is 5.14. The van der Waals surface area contributed by atoms with Gasteiger partial charge >= 0.3 is 0 Å². The molecule has 0 bridgehead atoms. The first-order chi connectivity index (χ1) is 9.19. The van der Waals surface area contributed by atoms with E-state index in [4.69, 9.17) is 4.74 Å². The predicted octanol–water partition coefficient (Wildman–Crippen LogP) is 4.06. The highest BCUT2D eigenvalue weighted by molar-refractivity contribution is 9.10. The van der Waals surface area contributed by atoms with E-state index in [1.165, 1.54) is 16.7 Å². The van der Waals surface area contributed by atoms with Crippen LogP contribution in [0.4, 0.5) is 0 Å². The fourth-order valence-corrected chi connectivity index (χ4v) is 2.16. The van der Waals surface area contributed by atoms with Crippen LogP contribution in [-0.4, -0.2) is 7.11 Å². The number of benzene rings is 2. The summed E-state index contributed by atoms with van der Waals surface area (Å²) >= 11 is 3.52. The minimum Gasteiger partial charge on any atom is -0.497 e. The Morgan fingerprint density at radius 3 is 2.26 bits per heavy atom. The summed E-state index contributed by atoms with van der Waals surface area (Å²) < 4.78 is 6.30. The summed E-state index contributed by atoms with van der Waals surface area (Å²) in [6, 6.07) is 14.6. The largest absolute Gasteiger partial charge is 0.497 e. The van der Waals surface area contributed by atoms with Crippen LogP contribution in [0.2, 0.25) is 0 Å². The van der Waals surface area contributed by atoms with E-state index in [0.717, 1.165) is 23.3 Å². The SMILES string of the molecule is COc1ccc(CNCc2ccc(Br)c(C)c2)cc1. The Kier molecular flexibility index (Phi) is 5.00. The summed E-state index contributed by atoms with van der Waals surface area (Å²) in [5.41, 5.74) is 3.83. The molecule has 1 N–H and O–H groups in total. The van der Waals surface area contributed by atoms with Gasteiger partial charge in [-0.1, -0.05) is 40.2 Å². The van der Waals surface area contributed by atoms with Gasteiger partial charge in [-0.2, -0.15) is 0 Å². The maximum atomic E-state index is 5.14. The first-order valence-electron chi connectivity index (χ1n) is 6.27. The first-order valence-corrected chi connectivity index (χ1v) is 7.07. The number of hydrogen-bond acceptors (Lipinski definition) is 2. The molecule has 0 atom stereocenters. The molecule has 0 aliphatic rings. The summed E-state index contributed by atoms with van der Waals surface area (Å²) in [5, 5.41) is 3.45. The Bertz CT molecular complexity index is 537. The van der Waals surface area contributed by atoms with Gasteiger partial charge in [-0.15, -0.1) is 0 Å². The number of nitrogens with one attached hydrogen (secondary N) is 1. The summed E-state index contributed by atoms with van der Waals surface area (Å²) in [6.07, 6.45) is 0. The average Bonchev–Trinajstić information content (AvgIpc) is 2.43. The third-order valence-corrected chi connectivity index (χ3v) is 3.93. The van der Waals surface area contributed by atoms with Gasteiger partial charge < -0.3 is 10.1 Å². The Hall–Kier alpha value is -1.32. The van der Waals surface area contributed by atoms with E-state index in [2.05, 4.69) is 58.5 Å². The normalized spacial score (nSPS) is 10.5. The molecule has 0 fully saturated rings. The number of methoxy groups -OCH3 is 1. The van der Waals surface area contributed by atoms with E-state index in [1.807, 2.05) is 12.1 Å². The van der Waals surface area contributed by atoms with Crippen molar-refractivity contribution in [2.45, 2.75) is 20.0 Å². The zero-order valence-electron chi connectivity index (χ0n) is 11.2. The highest BCUT2D eigenvalue weighted by atomic mass is 79.9. The molecule has 2 nitrogen and oxygen atoms in total. The molecule has 0 unspecified atom stereocenters. The van der Waals surface area contributed by atoms with Crippen LogP contribution in [0.15, 0.2) is 46.9 Å². The lowest BCUT2D eigenvalue weighted by Gasteiger charge is -2.07. The van der Waals surface area contributed by atoms with Crippen LogP contribution >= 0.6 is 15.9 Å². The minimum atomic E-state index is 0.860. The van der Waals surface area contributed by atoms with Crippen LogP contribution in [0.25, 0.3) is 0 Å². The second-order valence-corrected chi connectivity index (χ2v) is 5.39. The molecule has 2 rings (SSSR count). The molecule has 0 aromatic heterocycles. The van der Waals surface area contributed by atoms with Gasteiger partial charge in [0.2, 0.25) is 0 Å². The van der Waals surface area contributed by atoms with Gasteiger partial charge in [0.25, 0.3) is 0 Å². The number of ether oxygens (including phenoxy) is 1. The fraction of sp³-hybridized carbons (Fsp3) is 0.250. The lowest BCUT2D eigenvalue weighted by Crippen LogP contribution is -2.12. The molecular weight excluding hydrogens is 302 g/mol. The van der Waals surface area contributed by atoms with Crippen LogP contribution in [0.3, 0.4) is 0 Å². The van der Waals surface area contributed by atoms with E-state index >= 15 is 0 Å². The first kappa shape index (κ1) is 14.1. The van der Waals surface area contributed by atoms with Crippen molar-refractivity contribution < 1.29 is 4.74 Å². The van der Waals surface area contributed by atoms with E-state index < -0.39 is 0 Å². The third-order valence-electron chi connectivity index (χ3n) is 3.04. The number of rotatable bonds is 5. The van der Waals surface area contributed by atoms with Gasteiger partial charge in [-0.3, -0.25) is 0 Å². The number of hydrogen-bond donors (Lipinski definition) is 1. The highest BCUT2D eigenvalue weighted by Crippen LogP contribution is 2.17. The average molecular weight is 320 g/mol. The van der Waals surface area contributed by atoms with Gasteiger partial charge in [-0.05, 0) is 41.8 Å². The van der Waals surface area contributed by atoms with Gasteiger partial charge in [0.15, 0.2) is 0 Å². The molecule has 0 aliphatic carbocycles. The van der Waals surface area contributed by atoms with Gasteiger partial charge in [-0.25, -0.2) is 0 Å². The van der Waals surface area contributed by atoms with Crippen molar-refractivity contribution >= 4 is 15.9 Å². The van der Waals surface area contributed by atoms with E-state index in [9.17, 15) is 0 Å². The Balaban J connectivity index is 1.86. The van der Waals surface area contributed by atoms with Crippen molar-refractivity contribution in [3.63, 3.8) is 0 Å². The molecular formula is C16H18BrNO. The highest BCUT2D eigenvalue weighted by Gasteiger charge is 1.98. The lowest BCUT2D eigenvalue weighted by atomic mass is 10.1. The van der Waals surface area contributed by atoms with Crippen molar-refractivity contribution in [3.8, 4) is 5.75 Å². The fourth-order valence-electron chi connectivity index (χ4n) is 1.91. The number of aryl methyl sites for hydroxylation is 1. The standard InChI is InChI=1S/C16H18BrNO/c1-12-9-14(5-8-16(12)17)11-18-10-13-3-6-15(19-2)7-4-13/h3-9,18H,10-11H2,1-2H3. The van der Waals surface area contributed by atoms with Crippen LogP contribution < -0.4 is 10.1 Å². The van der Waals surface area contributed by atoms with Gasteiger partial charge in [0.1, 0.15) is 5.75 Å². The van der Waals surface area contributed by atoms with Crippen molar-refractivity contribution in [3.05, 3.63) is 63.6 Å². The van der Waals surface area contributed by atoms with Crippen molar-refractivity contribution in [2.24, 2.45) is 0 Å². The molecule has 0 spiro atoms. The second kappa shape index (κ2) is 6.73. The van der Waals surface area contributed by atoms with Gasteiger partial charge in [0.05, 0.1) is 7.11 Å². The minimum absolute atomic E-state index is 0.860. The number of halogens is 1. The van der Waals surface area contributed by atoms with E-state index in [0.29, 0.717) is 0 Å². The molecule has 3 heteroatoms. The molecule has 0 amide bonds. The lowest BCUT2D eigenvalue weighted by molar-refractivity contribution is 0.414. The van der Waals surface area contributed by atoms with E-state index in [-0.39, 0.29) is 0 Å². The Morgan fingerprint density at radius 2 is 1.63 bits per heavy atom. The predicted molar refractivity (Wildman–Crippen MR) is 82.4 cm³/mol. The van der Waals surface area contributed by atoms with Crippen LogP contribution in [-0.2, 0) is 13.1 Å².